The molecule has 134 valence electrons. The van der Waals surface area contributed by atoms with E-state index in [0.29, 0.717) is 24.8 Å². The molecule has 1 aromatic carbocycles. The van der Waals surface area contributed by atoms with Crippen molar-refractivity contribution in [3.05, 3.63) is 30.1 Å². The average Bonchev–Trinajstić information content (AvgIpc) is 2.93. The molecule has 2 aliphatic heterocycles. The van der Waals surface area contributed by atoms with Crippen molar-refractivity contribution in [3.63, 3.8) is 0 Å². The number of nitrogens with zero attached hydrogens (tertiary/aromatic N) is 4. The first-order valence-electron chi connectivity index (χ1n) is 8.97. The van der Waals surface area contributed by atoms with E-state index >= 15 is 0 Å². The Labute approximate surface area is 148 Å². The molecule has 1 atom stereocenters. The number of aromatic nitrogens is 2. The predicted octanol–water partition coefficient (Wildman–Crippen LogP) is 2.19. The molecule has 0 bridgehead atoms. The molecule has 3 heterocycles. The van der Waals surface area contributed by atoms with Crippen molar-refractivity contribution in [2.24, 2.45) is 5.92 Å². The molecule has 1 unspecified atom stereocenters. The molecule has 2 saturated heterocycles. The summed E-state index contributed by atoms with van der Waals surface area (Å²) in [5, 5.41) is 1.08. The monoisotopic (exact) mass is 360 g/mol. The van der Waals surface area contributed by atoms with Gasteiger partial charge >= 0.3 is 0 Å². The smallest absolute Gasteiger partial charge is 0.214 e. The normalized spacial score (nSPS) is 24.0. The van der Waals surface area contributed by atoms with E-state index in [1.807, 2.05) is 6.07 Å². The third kappa shape index (κ3) is 3.35. The van der Waals surface area contributed by atoms with Crippen molar-refractivity contribution in [2.45, 2.75) is 26.2 Å². The topological polar surface area (TPSA) is 66.4 Å². The van der Waals surface area contributed by atoms with Crippen LogP contribution in [-0.2, 0) is 10.0 Å². The predicted molar refractivity (Wildman–Crippen MR) is 99.2 cm³/mol. The molecule has 4 rings (SSSR count). The third-order valence-corrected chi connectivity index (χ3v) is 7.18. The summed E-state index contributed by atoms with van der Waals surface area (Å²) in [5.74, 6) is 1.64. The molecular weight excluding hydrogens is 336 g/mol. The second-order valence-electron chi connectivity index (χ2n) is 7.20. The highest BCUT2D eigenvalue weighted by atomic mass is 32.2. The number of benzene rings is 1. The van der Waals surface area contributed by atoms with Gasteiger partial charge in [-0.25, -0.2) is 22.7 Å². The molecule has 2 fully saturated rings. The number of anilines is 1. The summed E-state index contributed by atoms with van der Waals surface area (Å²) in [4.78, 5) is 11.2. The number of sulfonamides is 1. The van der Waals surface area contributed by atoms with Gasteiger partial charge in [0, 0.05) is 31.6 Å². The highest BCUT2D eigenvalue weighted by molar-refractivity contribution is 7.89. The van der Waals surface area contributed by atoms with Crippen LogP contribution in [0.1, 0.15) is 24.8 Å². The Morgan fingerprint density at radius 3 is 2.88 bits per heavy atom. The van der Waals surface area contributed by atoms with Gasteiger partial charge in [-0.3, -0.25) is 0 Å². The number of hydrogen-bond acceptors (Lipinski definition) is 5. The van der Waals surface area contributed by atoms with Crippen molar-refractivity contribution >= 4 is 26.7 Å². The van der Waals surface area contributed by atoms with Gasteiger partial charge in [0.2, 0.25) is 10.0 Å². The Bertz CT molecular complexity index is 884. The van der Waals surface area contributed by atoms with Crippen LogP contribution in [0.5, 0.6) is 0 Å². The van der Waals surface area contributed by atoms with E-state index in [1.54, 1.807) is 10.6 Å². The lowest BCUT2D eigenvalue weighted by Crippen LogP contribution is -2.42. The van der Waals surface area contributed by atoms with Crippen molar-refractivity contribution in [3.8, 4) is 0 Å². The van der Waals surface area contributed by atoms with Gasteiger partial charge in [0.05, 0.1) is 11.3 Å². The fraction of sp³-hybridized carbons (Fsp3) is 0.556. The summed E-state index contributed by atoms with van der Waals surface area (Å²) in [6, 6.07) is 6.24. The largest absolute Gasteiger partial charge is 0.356 e. The highest BCUT2D eigenvalue weighted by Gasteiger charge is 2.32. The Morgan fingerprint density at radius 2 is 2.08 bits per heavy atom. The van der Waals surface area contributed by atoms with Crippen LogP contribution in [0.4, 0.5) is 5.82 Å². The second kappa shape index (κ2) is 6.53. The second-order valence-corrected chi connectivity index (χ2v) is 9.29. The summed E-state index contributed by atoms with van der Waals surface area (Å²) in [5.41, 5.74) is 2.15. The Morgan fingerprint density at radius 1 is 1.20 bits per heavy atom. The van der Waals surface area contributed by atoms with E-state index in [2.05, 4.69) is 33.9 Å². The molecule has 0 saturated carbocycles. The van der Waals surface area contributed by atoms with Gasteiger partial charge in [0.25, 0.3) is 0 Å². The number of fused-ring (bicyclic) bond motifs is 1. The first-order valence-corrected chi connectivity index (χ1v) is 10.6. The van der Waals surface area contributed by atoms with Gasteiger partial charge in [-0.15, -0.1) is 0 Å². The SMILES string of the molecule is Cc1ccc2ncnc(N3CCCC(CN4CCCS4(=O)=O)C3)c2c1. The van der Waals surface area contributed by atoms with Crippen molar-refractivity contribution in [1.82, 2.24) is 14.3 Å². The number of hydrogen-bond donors (Lipinski definition) is 0. The number of rotatable bonds is 3. The third-order valence-electron chi connectivity index (χ3n) is 5.25. The summed E-state index contributed by atoms with van der Waals surface area (Å²) in [7, 11) is -3.02. The summed E-state index contributed by atoms with van der Waals surface area (Å²) in [6.45, 7) is 5.21. The van der Waals surface area contributed by atoms with Crippen LogP contribution in [0.25, 0.3) is 10.9 Å². The molecule has 7 heteroatoms. The van der Waals surface area contributed by atoms with Crippen LogP contribution >= 0.6 is 0 Å². The summed E-state index contributed by atoms with van der Waals surface area (Å²) < 4.78 is 25.9. The maximum atomic E-state index is 12.1. The molecule has 0 amide bonds. The molecule has 0 radical (unpaired) electrons. The van der Waals surface area contributed by atoms with Crippen LogP contribution in [0, 0.1) is 12.8 Å². The van der Waals surface area contributed by atoms with Crippen molar-refractivity contribution in [1.29, 1.82) is 0 Å². The zero-order chi connectivity index (χ0) is 17.4. The first kappa shape index (κ1) is 16.7. The summed E-state index contributed by atoms with van der Waals surface area (Å²) in [6.07, 6.45) is 4.52. The minimum atomic E-state index is -3.02. The molecule has 0 spiro atoms. The minimum absolute atomic E-state index is 0.305. The first-order chi connectivity index (χ1) is 12.0. The van der Waals surface area contributed by atoms with E-state index in [0.717, 1.165) is 49.1 Å². The van der Waals surface area contributed by atoms with Gasteiger partial charge in [0.1, 0.15) is 12.1 Å². The molecule has 0 aliphatic carbocycles. The fourth-order valence-corrected chi connectivity index (χ4v) is 5.60. The average molecular weight is 360 g/mol. The van der Waals surface area contributed by atoms with Gasteiger partial charge in [0.15, 0.2) is 0 Å². The molecule has 25 heavy (non-hydrogen) atoms. The Kier molecular flexibility index (Phi) is 4.37. The van der Waals surface area contributed by atoms with Crippen molar-refractivity contribution in [2.75, 3.05) is 36.8 Å². The molecule has 6 nitrogen and oxygen atoms in total. The minimum Gasteiger partial charge on any atom is -0.356 e. The molecule has 1 aromatic heterocycles. The quantitative estimate of drug-likeness (QED) is 0.839. The van der Waals surface area contributed by atoms with E-state index in [-0.39, 0.29) is 0 Å². The maximum Gasteiger partial charge on any atom is 0.214 e. The van der Waals surface area contributed by atoms with Crippen LogP contribution in [0.15, 0.2) is 24.5 Å². The van der Waals surface area contributed by atoms with E-state index in [9.17, 15) is 8.42 Å². The van der Waals surface area contributed by atoms with Crippen LogP contribution in [0.2, 0.25) is 0 Å². The standard InChI is InChI=1S/C18H24N4O2S/c1-14-5-6-17-16(10-14)18(20-13-19-17)21-7-2-4-15(11-21)12-22-8-3-9-25(22,23)24/h5-6,10,13,15H,2-4,7-9,11-12H2,1H3. The van der Waals surface area contributed by atoms with E-state index in [1.165, 1.54) is 5.56 Å². The van der Waals surface area contributed by atoms with Crippen molar-refractivity contribution < 1.29 is 8.42 Å². The summed E-state index contributed by atoms with van der Waals surface area (Å²) >= 11 is 0. The lowest BCUT2D eigenvalue weighted by atomic mass is 9.97. The van der Waals surface area contributed by atoms with Crippen LogP contribution < -0.4 is 4.90 Å². The lowest BCUT2D eigenvalue weighted by molar-refractivity contribution is 0.320. The Hall–Kier alpha value is -1.73. The van der Waals surface area contributed by atoms with Crippen LogP contribution in [0.3, 0.4) is 0 Å². The number of piperidine rings is 1. The van der Waals surface area contributed by atoms with E-state index < -0.39 is 10.0 Å². The van der Waals surface area contributed by atoms with E-state index in [4.69, 9.17) is 0 Å². The number of aryl methyl sites for hydroxylation is 1. The molecule has 0 N–H and O–H groups in total. The van der Waals surface area contributed by atoms with Gasteiger partial charge in [-0.05, 0) is 44.2 Å². The Balaban J connectivity index is 1.56. The maximum absolute atomic E-state index is 12.1. The van der Waals surface area contributed by atoms with Crippen LogP contribution in [-0.4, -0.2) is 54.6 Å². The molecule has 2 aromatic rings. The van der Waals surface area contributed by atoms with Gasteiger partial charge in [-0.2, -0.15) is 0 Å². The highest BCUT2D eigenvalue weighted by Crippen LogP contribution is 2.29. The molecule has 2 aliphatic rings. The zero-order valence-corrected chi connectivity index (χ0v) is 15.4. The zero-order valence-electron chi connectivity index (χ0n) is 14.6. The lowest BCUT2D eigenvalue weighted by Gasteiger charge is -2.35. The molecular formula is C18H24N4O2S. The van der Waals surface area contributed by atoms with Gasteiger partial charge in [-0.1, -0.05) is 11.6 Å². The fourth-order valence-electron chi connectivity index (χ4n) is 4.00. The van der Waals surface area contributed by atoms with Gasteiger partial charge < -0.3 is 4.90 Å².